The second-order valence-electron chi connectivity index (χ2n) is 6.46. The lowest BCUT2D eigenvalue weighted by atomic mass is 10.1. The SMILES string of the molecule is C[C@@H]1CN(C[C@@H](O)COc2ccccc2F)C[C@@H](c2ccccc2)O1. The Balaban J connectivity index is 1.53. The number of hydrogen-bond donors (Lipinski definition) is 1. The summed E-state index contributed by atoms with van der Waals surface area (Å²) in [6.45, 7) is 4.02. The summed E-state index contributed by atoms with van der Waals surface area (Å²) in [6, 6.07) is 16.3. The Kier molecular flexibility index (Phi) is 6.02. The molecule has 0 aliphatic carbocycles. The second kappa shape index (κ2) is 8.43. The van der Waals surface area contributed by atoms with Gasteiger partial charge in [-0.15, -0.1) is 0 Å². The van der Waals surface area contributed by atoms with Gasteiger partial charge in [0.1, 0.15) is 12.7 Å². The molecule has 5 heteroatoms. The fourth-order valence-corrected chi connectivity index (χ4v) is 3.14. The highest BCUT2D eigenvalue weighted by Gasteiger charge is 2.27. The third-order valence-corrected chi connectivity index (χ3v) is 4.24. The third kappa shape index (κ3) is 5.01. The van der Waals surface area contributed by atoms with Gasteiger partial charge in [-0.2, -0.15) is 0 Å². The molecule has 1 aliphatic heterocycles. The van der Waals surface area contributed by atoms with Crippen molar-refractivity contribution in [3.63, 3.8) is 0 Å². The molecule has 0 radical (unpaired) electrons. The maximum absolute atomic E-state index is 13.6. The van der Waals surface area contributed by atoms with Crippen LogP contribution in [0.4, 0.5) is 4.39 Å². The average Bonchev–Trinajstić information content (AvgIpc) is 2.61. The van der Waals surface area contributed by atoms with E-state index in [1.165, 1.54) is 6.07 Å². The first kappa shape index (κ1) is 17.9. The largest absolute Gasteiger partial charge is 0.488 e. The highest BCUT2D eigenvalue weighted by atomic mass is 19.1. The molecule has 0 saturated carbocycles. The van der Waals surface area contributed by atoms with Crippen molar-refractivity contribution in [1.82, 2.24) is 4.90 Å². The van der Waals surface area contributed by atoms with Crippen LogP contribution in [-0.4, -0.2) is 48.5 Å². The first-order chi connectivity index (χ1) is 12.1. The first-order valence-electron chi connectivity index (χ1n) is 8.60. The Morgan fingerprint density at radius 2 is 1.88 bits per heavy atom. The van der Waals surface area contributed by atoms with Crippen molar-refractivity contribution in [2.45, 2.75) is 25.2 Å². The summed E-state index contributed by atoms with van der Waals surface area (Å²) in [5.41, 5.74) is 1.14. The minimum atomic E-state index is -0.693. The fourth-order valence-electron chi connectivity index (χ4n) is 3.14. The molecule has 3 atom stereocenters. The van der Waals surface area contributed by atoms with Gasteiger partial charge in [0.15, 0.2) is 11.6 Å². The Morgan fingerprint density at radius 1 is 1.16 bits per heavy atom. The number of para-hydroxylation sites is 1. The van der Waals surface area contributed by atoms with Crippen molar-refractivity contribution in [2.75, 3.05) is 26.2 Å². The van der Waals surface area contributed by atoms with Crippen LogP contribution in [0.1, 0.15) is 18.6 Å². The number of nitrogens with zero attached hydrogens (tertiary/aromatic N) is 1. The van der Waals surface area contributed by atoms with Gasteiger partial charge in [-0.25, -0.2) is 4.39 Å². The molecule has 1 heterocycles. The molecule has 1 N–H and O–H groups in total. The molecule has 1 fully saturated rings. The predicted octanol–water partition coefficient (Wildman–Crippen LogP) is 3.03. The normalized spacial score (nSPS) is 22.5. The molecule has 2 aromatic carbocycles. The maximum atomic E-state index is 13.6. The molecule has 0 amide bonds. The summed E-state index contributed by atoms with van der Waals surface area (Å²) >= 11 is 0. The monoisotopic (exact) mass is 345 g/mol. The zero-order valence-corrected chi connectivity index (χ0v) is 14.3. The lowest BCUT2D eigenvalue weighted by Crippen LogP contribution is -2.46. The van der Waals surface area contributed by atoms with E-state index >= 15 is 0 Å². The summed E-state index contributed by atoms with van der Waals surface area (Å²) < 4.78 is 25.0. The number of ether oxygens (including phenoxy) is 2. The molecular weight excluding hydrogens is 321 g/mol. The first-order valence-corrected chi connectivity index (χ1v) is 8.60. The lowest BCUT2D eigenvalue weighted by molar-refractivity contribution is -0.0887. The Morgan fingerprint density at radius 3 is 2.64 bits per heavy atom. The van der Waals surface area contributed by atoms with Crippen LogP contribution in [0.15, 0.2) is 54.6 Å². The van der Waals surface area contributed by atoms with Crippen LogP contribution in [0.25, 0.3) is 0 Å². The quantitative estimate of drug-likeness (QED) is 0.874. The van der Waals surface area contributed by atoms with E-state index in [9.17, 15) is 9.50 Å². The minimum Gasteiger partial charge on any atom is -0.488 e. The van der Waals surface area contributed by atoms with Gasteiger partial charge in [-0.1, -0.05) is 42.5 Å². The standard InChI is InChI=1S/C20H24FNO3/c1-15-11-22(13-20(25-15)16-7-3-2-4-8-16)12-17(23)14-24-19-10-6-5-9-18(19)21/h2-10,15,17,20,23H,11-14H2,1H3/t15-,17-,20+/m1/s1. The van der Waals surface area contributed by atoms with Gasteiger partial charge >= 0.3 is 0 Å². The van der Waals surface area contributed by atoms with E-state index in [-0.39, 0.29) is 24.6 Å². The van der Waals surface area contributed by atoms with Gasteiger partial charge in [-0.05, 0) is 24.6 Å². The topological polar surface area (TPSA) is 41.9 Å². The van der Waals surface area contributed by atoms with Crippen molar-refractivity contribution in [3.05, 3.63) is 66.0 Å². The van der Waals surface area contributed by atoms with E-state index in [0.29, 0.717) is 13.1 Å². The number of rotatable bonds is 6. The van der Waals surface area contributed by atoms with E-state index in [2.05, 4.69) is 17.0 Å². The number of morpholine rings is 1. The molecule has 0 bridgehead atoms. The highest BCUT2D eigenvalue weighted by molar-refractivity contribution is 5.23. The summed E-state index contributed by atoms with van der Waals surface area (Å²) in [6.07, 6.45) is -0.621. The molecule has 25 heavy (non-hydrogen) atoms. The predicted molar refractivity (Wildman–Crippen MR) is 94.1 cm³/mol. The van der Waals surface area contributed by atoms with Gasteiger partial charge in [0.2, 0.25) is 0 Å². The van der Waals surface area contributed by atoms with Crippen molar-refractivity contribution in [1.29, 1.82) is 0 Å². The van der Waals surface area contributed by atoms with Crippen LogP contribution in [-0.2, 0) is 4.74 Å². The zero-order chi connectivity index (χ0) is 17.6. The van der Waals surface area contributed by atoms with Gasteiger partial charge < -0.3 is 14.6 Å². The van der Waals surface area contributed by atoms with E-state index in [1.54, 1.807) is 18.2 Å². The number of benzene rings is 2. The van der Waals surface area contributed by atoms with Gasteiger partial charge in [-0.3, -0.25) is 4.90 Å². The van der Waals surface area contributed by atoms with E-state index < -0.39 is 11.9 Å². The van der Waals surface area contributed by atoms with Crippen molar-refractivity contribution in [3.8, 4) is 5.75 Å². The number of β-amino-alcohol motifs (C(OH)–C–C–N with tert-alkyl or cyclic N) is 1. The maximum Gasteiger partial charge on any atom is 0.165 e. The third-order valence-electron chi connectivity index (χ3n) is 4.24. The molecule has 4 nitrogen and oxygen atoms in total. The summed E-state index contributed by atoms with van der Waals surface area (Å²) in [5, 5.41) is 10.3. The highest BCUT2D eigenvalue weighted by Crippen LogP contribution is 2.25. The van der Waals surface area contributed by atoms with Crippen LogP contribution in [0.5, 0.6) is 5.75 Å². The van der Waals surface area contributed by atoms with Crippen LogP contribution in [0.3, 0.4) is 0 Å². The van der Waals surface area contributed by atoms with Crippen molar-refractivity contribution >= 4 is 0 Å². The fraction of sp³-hybridized carbons (Fsp3) is 0.400. The van der Waals surface area contributed by atoms with Crippen LogP contribution in [0, 0.1) is 5.82 Å². The molecule has 0 aromatic heterocycles. The average molecular weight is 345 g/mol. The van der Waals surface area contributed by atoms with E-state index in [4.69, 9.17) is 9.47 Å². The smallest absolute Gasteiger partial charge is 0.165 e. The number of aliphatic hydroxyl groups is 1. The summed E-state index contributed by atoms with van der Waals surface area (Å²) in [4.78, 5) is 2.17. The van der Waals surface area contributed by atoms with Crippen LogP contribution >= 0.6 is 0 Å². The van der Waals surface area contributed by atoms with Gasteiger partial charge in [0.05, 0.1) is 12.2 Å². The summed E-state index contributed by atoms with van der Waals surface area (Å²) in [7, 11) is 0. The van der Waals surface area contributed by atoms with Crippen LogP contribution in [0.2, 0.25) is 0 Å². The van der Waals surface area contributed by atoms with Crippen molar-refractivity contribution in [2.24, 2.45) is 0 Å². The Hall–Kier alpha value is -1.95. The molecule has 1 aliphatic rings. The van der Waals surface area contributed by atoms with E-state index in [0.717, 1.165) is 12.1 Å². The minimum absolute atomic E-state index is 0.00960. The lowest BCUT2D eigenvalue weighted by Gasteiger charge is -2.37. The second-order valence-corrected chi connectivity index (χ2v) is 6.46. The molecule has 1 saturated heterocycles. The number of hydrogen-bond acceptors (Lipinski definition) is 4. The molecular formula is C20H24FNO3. The Bertz CT molecular complexity index is 667. The van der Waals surface area contributed by atoms with Gasteiger partial charge in [0.25, 0.3) is 0 Å². The van der Waals surface area contributed by atoms with E-state index in [1.807, 2.05) is 25.1 Å². The van der Waals surface area contributed by atoms with Crippen LogP contribution < -0.4 is 4.74 Å². The zero-order valence-electron chi connectivity index (χ0n) is 14.3. The van der Waals surface area contributed by atoms with Crippen molar-refractivity contribution < 1.29 is 19.0 Å². The summed E-state index contributed by atoms with van der Waals surface area (Å²) in [5.74, 6) is -0.252. The van der Waals surface area contributed by atoms with Gasteiger partial charge in [0, 0.05) is 19.6 Å². The number of aliphatic hydroxyl groups excluding tert-OH is 1. The number of halogens is 1. The molecule has 0 spiro atoms. The Labute approximate surface area is 147 Å². The molecule has 0 unspecified atom stereocenters. The molecule has 3 rings (SSSR count). The molecule has 134 valence electrons. The molecule has 2 aromatic rings.